The predicted octanol–water partition coefficient (Wildman–Crippen LogP) is 9.82. The lowest BCUT2D eigenvalue weighted by Crippen LogP contribution is -2.03. The molecule has 0 saturated carbocycles. The van der Waals surface area contributed by atoms with Crippen molar-refractivity contribution in [1.29, 1.82) is 0 Å². The number of ketones is 2. The smallest absolute Gasteiger partial charge is 0.185 e. The molecule has 234 valence electrons. The normalized spacial score (nSPS) is 11.0. The van der Waals surface area contributed by atoms with E-state index in [4.69, 9.17) is 18.9 Å². The van der Waals surface area contributed by atoms with Crippen molar-refractivity contribution < 1.29 is 28.5 Å². The number of methoxy groups -OCH3 is 2. The van der Waals surface area contributed by atoms with E-state index in [2.05, 4.69) is 45.0 Å². The SMILES string of the molecule is C=CCOc1c(OC)cc(/C=C/C(=O)c2ccc(Br)cc2)cc1-c1cc(/C=C/C(=O)c2ccc(Br)cc2)cc(OC)c1OCC=C. The summed E-state index contributed by atoms with van der Waals surface area (Å²) in [4.78, 5) is 25.9. The van der Waals surface area contributed by atoms with Gasteiger partial charge >= 0.3 is 0 Å². The minimum Gasteiger partial charge on any atom is -0.493 e. The first-order valence-electron chi connectivity index (χ1n) is 14.2. The number of carbonyl (C=O) groups excluding carboxylic acids is 2. The summed E-state index contributed by atoms with van der Waals surface area (Å²) in [7, 11) is 3.09. The summed E-state index contributed by atoms with van der Waals surface area (Å²) in [5.41, 5.74) is 3.71. The zero-order valence-corrected chi connectivity index (χ0v) is 28.6. The molecule has 46 heavy (non-hydrogen) atoms. The number of hydrogen-bond donors (Lipinski definition) is 0. The van der Waals surface area contributed by atoms with Crippen molar-refractivity contribution >= 4 is 55.6 Å². The molecule has 0 aliphatic heterocycles. The van der Waals surface area contributed by atoms with Gasteiger partial charge in [0.05, 0.1) is 14.2 Å². The van der Waals surface area contributed by atoms with Gasteiger partial charge in [-0.15, -0.1) is 0 Å². The Bertz CT molecular complexity index is 1650. The Labute approximate surface area is 285 Å². The number of allylic oxidation sites excluding steroid dienone is 2. The van der Waals surface area contributed by atoms with Crippen LogP contribution in [0.25, 0.3) is 23.3 Å². The lowest BCUT2D eigenvalue weighted by molar-refractivity contribution is 0.103. The summed E-state index contributed by atoms with van der Waals surface area (Å²) < 4.78 is 25.6. The molecular weight excluding hydrogens is 712 g/mol. The van der Waals surface area contributed by atoms with E-state index in [1.165, 1.54) is 12.2 Å². The fraction of sp³-hybridized carbons (Fsp3) is 0.105. The third kappa shape index (κ3) is 8.74. The van der Waals surface area contributed by atoms with Gasteiger partial charge in [-0.1, -0.05) is 69.3 Å². The van der Waals surface area contributed by atoms with Gasteiger partial charge in [0.2, 0.25) is 0 Å². The van der Waals surface area contributed by atoms with Gasteiger partial charge < -0.3 is 18.9 Å². The third-order valence-corrected chi connectivity index (χ3v) is 7.74. The topological polar surface area (TPSA) is 71.1 Å². The lowest BCUT2D eigenvalue weighted by atomic mass is 9.96. The molecule has 0 bridgehead atoms. The largest absolute Gasteiger partial charge is 0.493 e. The van der Waals surface area contributed by atoms with Crippen LogP contribution in [0.3, 0.4) is 0 Å². The van der Waals surface area contributed by atoms with Gasteiger partial charge in [0.25, 0.3) is 0 Å². The summed E-state index contributed by atoms with van der Waals surface area (Å²) >= 11 is 6.80. The van der Waals surface area contributed by atoms with Gasteiger partial charge in [0.1, 0.15) is 13.2 Å². The van der Waals surface area contributed by atoms with E-state index in [1.807, 2.05) is 36.4 Å². The molecule has 0 N–H and O–H groups in total. The average molecular weight is 744 g/mol. The van der Waals surface area contributed by atoms with Crippen molar-refractivity contribution in [1.82, 2.24) is 0 Å². The van der Waals surface area contributed by atoms with E-state index in [9.17, 15) is 9.59 Å². The Morgan fingerprint density at radius 1 is 0.630 bits per heavy atom. The second-order valence-corrected chi connectivity index (χ2v) is 11.6. The highest BCUT2D eigenvalue weighted by Crippen LogP contribution is 2.47. The highest BCUT2D eigenvalue weighted by molar-refractivity contribution is 9.10. The van der Waals surface area contributed by atoms with Gasteiger partial charge in [-0.25, -0.2) is 0 Å². The first-order chi connectivity index (χ1) is 22.3. The Morgan fingerprint density at radius 2 is 1.00 bits per heavy atom. The molecule has 4 aromatic carbocycles. The highest BCUT2D eigenvalue weighted by Gasteiger charge is 2.22. The van der Waals surface area contributed by atoms with Crippen LogP contribution in [-0.4, -0.2) is 39.0 Å². The summed E-state index contributed by atoms with van der Waals surface area (Å²) in [5.74, 6) is 1.46. The molecule has 0 aromatic heterocycles. The lowest BCUT2D eigenvalue weighted by Gasteiger charge is -2.20. The Kier molecular flexibility index (Phi) is 12.3. The van der Waals surface area contributed by atoms with Crippen LogP contribution in [0, 0.1) is 0 Å². The quantitative estimate of drug-likeness (QED) is 0.0686. The fourth-order valence-corrected chi connectivity index (χ4v) is 5.02. The van der Waals surface area contributed by atoms with E-state index < -0.39 is 0 Å². The van der Waals surface area contributed by atoms with Crippen molar-refractivity contribution in [3.05, 3.63) is 141 Å². The maximum absolute atomic E-state index is 12.9. The van der Waals surface area contributed by atoms with Crippen LogP contribution in [0.1, 0.15) is 31.8 Å². The zero-order chi connectivity index (χ0) is 33.1. The third-order valence-electron chi connectivity index (χ3n) is 6.69. The van der Waals surface area contributed by atoms with Crippen molar-refractivity contribution in [2.75, 3.05) is 27.4 Å². The Balaban J connectivity index is 1.87. The molecule has 0 radical (unpaired) electrons. The molecule has 6 nitrogen and oxygen atoms in total. The van der Waals surface area contributed by atoms with Crippen LogP contribution in [0.5, 0.6) is 23.0 Å². The van der Waals surface area contributed by atoms with E-state index in [0.717, 1.165) is 8.95 Å². The molecule has 4 rings (SSSR count). The minimum atomic E-state index is -0.153. The average Bonchev–Trinajstić information content (AvgIpc) is 3.07. The van der Waals surface area contributed by atoms with Crippen LogP contribution in [-0.2, 0) is 0 Å². The summed E-state index contributed by atoms with van der Waals surface area (Å²) in [6, 6.07) is 21.6. The molecule has 4 aromatic rings. The van der Waals surface area contributed by atoms with Crippen molar-refractivity contribution in [3.63, 3.8) is 0 Å². The number of carbonyl (C=O) groups is 2. The van der Waals surface area contributed by atoms with E-state index in [0.29, 0.717) is 56.4 Å². The zero-order valence-electron chi connectivity index (χ0n) is 25.4. The Hall–Kier alpha value is -4.66. The Morgan fingerprint density at radius 3 is 1.33 bits per heavy atom. The number of rotatable bonds is 15. The number of halogens is 2. The molecule has 0 amide bonds. The second kappa shape index (κ2) is 16.6. The number of ether oxygens (including phenoxy) is 4. The summed E-state index contributed by atoms with van der Waals surface area (Å²) in [6.07, 6.45) is 9.72. The molecule has 8 heteroatoms. The molecule has 0 atom stereocenters. The van der Waals surface area contributed by atoms with Crippen LogP contribution in [0.15, 0.2) is 119 Å². The summed E-state index contributed by atoms with van der Waals surface area (Å²) in [5, 5.41) is 0. The van der Waals surface area contributed by atoms with Crippen LogP contribution in [0.2, 0.25) is 0 Å². The first-order valence-corrected chi connectivity index (χ1v) is 15.7. The van der Waals surface area contributed by atoms with Gasteiger partial charge in [0.15, 0.2) is 34.6 Å². The van der Waals surface area contributed by atoms with Gasteiger partial charge in [-0.05, 0) is 96.1 Å². The molecule has 0 spiro atoms. The highest BCUT2D eigenvalue weighted by atomic mass is 79.9. The standard InChI is InChI=1S/C38H32Br2O6/c1-5-19-45-37-31(21-25(23-35(37)43-3)7-17-33(41)27-9-13-29(39)14-10-27)32-22-26(24-36(44-4)38(32)46-20-6-2)8-18-34(42)28-11-15-30(40)16-12-28/h5-18,21-24H,1-2,19-20H2,3-4H3/b17-7+,18-8+. The van der Waals surface area contributed by atoms with Crippen molar-refractivity contribution in [2.45, 2.75) is 0 Å². The van der Waals surface area contributed by atoms with Gasteiger partial charge in [-0.3, -0.25) is 9.59 Å². The van der Waals surface area contributed by atoms with Crippen LogP contribution < -0.4 is 18.9 Å². The minimum absolute atomic E-state index is 0.153. The van der Waals surface area contributed by atoms with Crippen LogP contribution >= 0.6 is 31.9 Å². The maximum atomic E-state index is 12.9. The van der Waals surface area contributed by atoms with E-state index in [1.54, 1.807) is 74.9 Å². The molecule has 0 aliphatic rings. The molecule has 0 unspecified atom stereocenters. The van der Waals surface area contributed by atoms with Crippen LogP contribution in [0.4, 0.5) is 0 Å². The van der Waals surface area contributed by atoms with Crippen molar-refractivity contribution in [3.8, 4) is 34.1 Å². The molecular formula is C38H32Br2O6. The number of hydrogen-bond acceptors (Lipinski definition) is 6. The van der Waals surface area contributed by atoms with Gasteiger partial charge in [-0.2, -0.15) is 0 Å². The second-order valence-electron chi connectivity index (χ2n) is 9.81. The molecule has 0 fully saturated rings. The van der Waals surface area contributed by atoms with Gasteiger partial charge in [0, 0.05) is 31.2 Å². The van der Waals surface area contributed by atoms with Crippen molar-refractivity contribution in [2.24, 2.45) is 0 Å². The fourth-order valence-electron chi connectivity index (χ4n) is 4.49. The molecule has 0 saturated heterocycles. The monoisotopic (exact) mass is 742 g/mol. The molecule has 0 aliphatic carbocycles. The number of benzene rings is 4. The van der Waals surface area contributed by atoms with E-state index >= 15 is 0 Å². The predicted molar refractivity (Wildman–Crippen MR) is 191 cm³/mol. The molecule has 0 heterocycles. The maximum Gasteiger partial charge on any atom is 0.185 e. The first kappa shape index (κ1) is 34.2. The summed E-state index contributed by atoms with van der Waals surface area (Å²) in [6.45, 7) is 8.00. The van der Waals surface area contributed by atoms with E-state index in [-0.39, 0.29) is 24.8 Å².